The third kappa shape index (κ3) is 5.91. The lowest BCUT2D eigenvalue weighted by atomic mass is 10.2. The molecule has 0 aromatic heterocycles. The number of benzene rings is 1. The fraction of sp³-hybridized carbons (Fsp3) is 0.467. The smallest absolute Gasteiger partial charge is 0.236 e. The van der Waals surface area contributed by atoms with E-state index < -0.39 is 0 Å². The molecule has 5 nitrogen and oxygen atoms in total. The SMILES string of the molecule is CCOc1cc(/C=N\NC(C)=O)cc(I)c1O[C@@H](C)CC. The first-order valence-corrected chi connectivity index (χ1v) is 7.98. The average Bonchev–Trinajstić information content (AvgIpc) is 2.42. The van der Waals surface area contributed by atoms with E-state index in [1.165, 1.54) is 6.92 Å². The van der Waals surface area contributed by atoms with Crippen LogP contribution in [0.15, 0.2) is 17.2 Å². The Morgan fingerprint density at radius 2 is 2.19 bits per heavy atom. The predicted molar refractivity (Wildman–Crippen MR) is 92.1 cm³/mol. The molecule has 21 heavy (non-hydrogen) atoms. The fourth-order valence-corrected chi connectivity index (χ4v) is 2.27. The molecule has 0 bridgehead atoms. The zero-order valence-corrected chi connectivity index (χ0v) is 14.9. The van der Waals surface area contributed by atoms with E-state index >= 15 is 0 Å². The normalized spacial score (nSPS) is 12.2. The average molecular weight is 404 g/mol. The van der Waals surface area contributed by atoms with Crippen molar-refractivity contribution in [2.24, 2.45) is 5.10 Å². The van der Waals surface area contributed by atoms with Crippen molar-refractivity contribution >= 4 is 34.7 Å². The topological polar surface area (TPSA) is 59.9 Å². The molecule has 0 aliphatic carbocycles. The molecule has 0 saturated heterocycles. The Bertz CT molecular complexity index is 518. The second-order valence-corrected chi connectivity index (χ2v) is 5.69. The van der Waals surface area contributed by atoms with Gasteiger partial charge in [-0.25, -0.2) is 5.43 Å². The standard InChI is InChI=1S/C15H21IN2O3/c1-5-10(3)21-15-13(16)7-12(8-14(15)20-6-2)9-17-18-11(4)19/h7-10H,5-6H2,1-4H3,(H,18,19)/b17-9-/t10-/m0/s1. The summed E-state index contributed by atoms with van der Waals surface area (Å²) in [5, 5.41) is 3.87. The zero-order valence-electron chi connectivity index (χ0n) is 12.8. The molecule has 1 aromatic carbocycles. The van der Waals surface area contributed by atoms with E-state index in [0.29, 0.717) is 12.4 Å². The Hall–Kier alpha value is -1.31. The van der Waals surface area contributed by atoms with E-state index in [4.69, 9.17) is 9.47 Å². The maximum Gasteiger partial charge on any atom is 0.236 e. The van der Waals surface area contributed by atoms with Crippen LogP contribution < -0.4 is 14.9 Å². The van der Waals surface area contributed by atoms with E-state index in [0.717, 1.165) is 21.3 Å². The summed E-state index contributed by atoms with van der Waals surface area (Å²) >= 11 is 2.21. The zero-order chi connectivity index (χ0) is 15.8. The second-order valence-electron chi connectivity index (χ2n) is 4.53. The van der Waals surface area contributed by atoms with E-state index in [-0.39, 0.29) is 12.0 Å². The maximum absolute atomic E-state index is 10.8. The van der Waals surface area contributed by atoms with Gasteiger partial charge in [-0.2, -0.15) is 5.10 Å². The third-order valence-corrected chi connectivity index (χ3v) is 3.46. The van der Waals surface area contributed by atoms with E-state index in [2.05, 4.69) is 40.0 Å². The van der Waals surface area contributed by atoms with Crippen LogP contribution in [0.2, 0.25) is 0 Å². The van der Waals surface area contributed by atoms with Crippen molar-refractivity contribution in [3.63, 3.8) is 0 Å². The molecule has 0 aliphatic rings. The highest BCUT2D eigenvalue weighted by molar-refractivity contribution is 14.1. The number of nitrogens with zero attached hydrogens (tertiary/aromatic N) is 1. The van der Waals surface area contributed by atoms with Crippen molar-refractivity contribution in [1.29, 1.82) is 0 Å². The maximum atomic E-state index is 10.8. The Kier molecular flexibility index (Phi) is 7.49. The molecule has 0 saturated carbocycles. The first-order valence-electron chi connectivity index (χ1n) is 6.90. The van der Waals surface area contributed by atoms with Crippen molar-refractivity contribution in [2.45, 2.75) is 40.2 Å². The summed E-state index contributed by atoms with van der Waals surface area (Å²) in [6.07, 6.45) is 2.63. The van der Waals surface area contributed by atoms with Crippen LogP contribution in [-0.4, -0.2) is 24.8 Å². The molecular weight excluding hydrogens is 383 g/mol. The molecule has 0 spiro atoms. The van der Waals surface area contributed by atoms with Crippen LogP contribution in [-0.2, 0) is 4.79 Å². The minimum absolute atomic E-state index is 0.122. The van der Waals surface area contributed by atoms with Crippen LogP contribution in [0.3, 0.4) is 0 Å². The van der Waals surface area contributed by atoms with E-state index in [9.17, 15) is 4.79 Å². The number of rotatable bonds is 7. The van der Waals surface area contributed by atoms with Gasteiger partial charge in [0.15, 0.2) is 11.5 Å². The molecule has 0 heterocycles. The van der Waals surface area contributed by atoms with Gasteiger partial charge in [-0.05, 0) is 60.6 Å². The molecule has 1 N–H and O–H groups in total. The lowest BCUT2D eigenvalue weighted by Gasteiger charge is -2.18. The number of carbonyl (C=O) groups excluding carboxylic acids is 1. The van der Waals surface area contributed by atoms with Gasteiger partial charge in [0.05, 0.1) is 22.5 Å². The second kappa shape index (κ2) is 8.86. The van der Waals surface area contributed by atoms with Gasteiger partial charge in [-0.3, -0.25) is 4.79 Å². The molecule has 0 fully saturated rings. The number of hydrogen-bond acceptors (Lipinski definition) is 4. The van der Waals surface area contributed by atoms with E-state index in [1.807, 2.05) is 26.0 Å². The highest BCUT2D eigenvalue weighted by atomic mass is 127. The summed E-state index contributed by atoms with van der Waals surface area (Å²) in [5.74, 6) is 1.24. The van der Waals surface area contributed by atoms with Crippen LogP contribution in [0.25, 0.3) is 0 Å². The molecule has 1 aromatic rings. The van der Waals surface area contributed by atoms with Crippen LogP contribution in [0, 0.1) is 3.57 Å². The van der Waals surface area contributed by atoms with Crippen LogP contribution >= 0.6 is 22.6 Å². The summed E-state index contributed by atoms with van der Waals surface area (Å²) in [6.45, 7) is 8.00. The predicted octanol–water partition coefficient (Wildman–Crippen LogP) is 3.34. The van der Waals surface area contributed by atoms with Crippen molar-refractivity contribution in [3.05, 3.63) is 21.3 Å². The number of hydrogen-bond donors (Lipinski definition) is 1. The molecular formula is C15H21IN2O3. The van der Waals surface area contributed by atoms with Gasteiger partial charge in [0, 0.05) is 6.92 Å². The van der Waals surface area contributed by atoms with Gasteiger partial charge in [0.25, 0.3) is 0 Å². The molecule has 1 rings (SSSR count). The van der Waals surface area contributed by atoms with Gasteiger partial charge in [-0.1, -0.05) is 6.92 Å². The Labute approximate surface area is 139 Å². The molecule has 0 unspecified atom stereocenters. The molecule has 0 radical (unpaired) electrons. The quantitative estimate of drug-likeness (QED) is 0.431. The first-order chi connectivity index (χ1) is 9.97. The Morgan fingerprint density at radius 3 is 2.76 bits per heavy atom. The molecule has 116 valence electrons. The van der Waals surface area contributed by atoms with E-state index in [1.54, 1.807) is 6.21 Å². The van der Waals surface area contributed by atoms with Gasteiger partial charge < -0.3 is 9.47 Å². The largest absolute Gasteiger partial charge is 0.490 e. The van der Waals surface area contributed by atoms with Gasteiger partial charge in [0.2, 0.25) is 5.91 Å². The number of carbonyl (C=O) groups is 1. The van der Waals surface area contributed by atoms with Gasteiger partial charge >= 0.3 is 0 Å². The summed E-state index contributed by atoms with van der Waals surface area (Å²) < 4.78 is 12.5. The number of amides is 1. The Balaban J connectivity index is 3.05. The van der Waals surface area contributed by atoms with Crippen LogP contribution in [0.5, 0.6) is 11.5 Å². The first kappa shape index (κ1) is 17.7. The highest BCUT2D eigenvalue weighted by Gasteiger charge is 2.14. The molecule has 1 amide bonds. The number of hydrazone groups is 1. The van der Waals surface area contributed by atoms with Crippen LogP contribution in [0.4, 0.5) is 0 Å². The minimum Gasteiger partial charge on any atom is -0.490 e. The van der Waals surface area contributed by atoms with Gasteiger partial charge in [0.1, 0.15) is 0 Å². The fourth-order valence-electron chi connectivity index (χ4n) is 1.52. The number of ether oxygens (including phenoxy) is 2. The lowest BCUT2D eigenvalue weighted by Crippen LogP contribution is -2.13. The summed E-state index contributed by atoms with van der Waals surface area (Å²) in [5.41, 5.74) is 3.22. The van der Waals surface area contributed by atoms with Gasteiger partial charge in [-0.15, -0.1) is 0 Å². The molecule has 1 atom stereocenters. The third-order valence-electron chi connectivity index (χ3n) is 2.66. The van der Waals surface area contributed by atoms with Crippen LogP contribution in [0.1, 0.15) is 39.7 Å². The lowest BCUT2D eigenvalue weighted by molar-refractivity contribution is -0.118. The van der Waals surface area contributed by atoms with Crippen molar-refractivity contribution in [3.8, 4) is 11.5 Å². The number of nitrogens with one attached hydrogen (secondary N) is 1. The number of halogens is 1. The minimum atomic E-state index is -0.206. The highest BCUT2D eigenvalue weighted by Crippen LogP contribution is 2.34. The van der Waals surface area contributed by atoms with Crippen molar-refractivity contribution < 1.29 is 14.3 Å². The summed E-state index contributed by atoms with van der Waals surface area (Å²) in [7, 11) is 0. The van der Waals surface area contributed by atoms with Crippen molar-refractivity contribution in [1.82, 2.24) is 5.43 Å². The Morgan fingerprint density at radius 1 is 1.48 bits per heavy atom. The summed E-state index contributed by atoms with van der Waals surface area (Å²) in [6, 6.07) is 3.79. The molecule has 0 aliphatic heterocycles. The van der Waals surface area contributed by atoms with Crippen molar-refractivity contribution in [2.75, 3.05) is 6.61 Å². The summed E-state index contributed by atoms with van der Waals surface area (Å²) in [4.78, 5) is 10.8. The monoisotopic (exact) mass is 404 g/mol. The molecule has 6 heteroatoms.